The Bertz CT molecular complexity index is 639. The Morgan fingerprint density at radius 3 is 2.29 bits per heavy atom. The Morgan fingerprint density at radius 1 is 1.00 bits per heavy atom. The number of methoxy groups -OCH3 is 1. The lowest BCUT2D eigenvalue weighted by atomic mass is 9.96. The molecular formula is C19H22O2. The second kappa shape index (κ2) is 6.57. The first-order chi connectivity index (χ1) is 10.0. The van der Waals surface area contributed by atoms with Gasteiger partial charge in [-0.25, -0.2) is 0 Å². The first-order valence-electron chi connectivity index (χ1n) is 7.25. The van der Waals surface area contributed by atoms with Crippen molar-refractivity contribution in [3.8, 4) is 5.75 Å². The summed E-state index contributed by atoms with van der Waals surface area (Å²) in [6.07, 6.45) is 1.26. The molecule has 0 saturated heterocycles. The lowest BCUT2D eigenvalue weighted by molar-refractivity contribution is 0.0979. The van der Waals surface area contributed by atoms with Crippen LogP contribution in [0.25, 0.3) is 0 Å². The van der Waals surface area contributed by atoms with E-state index < -0.39 is 0 Å². The van der Waals surface area contributed by atoms with Gasteiger partial charge in [0.05, 0.1) is 12.7 Å². The molecule has 2 aromatic rings. The SMILES string of the molecule is COc1cc(C)cc(C)c1C(=O)CCc1ccc(C)cc1. The van der Waals surface area contributed by atoms with Crippen molar-refractivity contribution in [3.05, 3.63) is 64.2 Å². The highest BCUT2D eigenvalue weighted by atomic mass is 16.5. The predicted octanol–water partition coefficient (Wildman–Crippen LogP) is 4.44. The van der Waals surface area contributed by atoms with Crippen LogP contribution in [0.5, 0.6) is 5.75 Å². The van der Waals surface area contributed by atoms with Crippen LogP contribution in [0.3, 0.4) is 0 Å². The van der Waals surface area contributed by atoms with Gasteiger partial charge in [-0.05, 0) is 49.9 Å². The summed E-state index contributed by atoms with van der Waals surface area (Å²) < 4.78 is 5.38. The van der Waals surface area contributed by atoms with E-state index in [1.807, 2.05) is 26.0 Å². The molecule has 0 heterocycles. The van der Waals surface area contributed by atoms with E-state index in [2.05, 4.69) is 31.2 Å². The summed E-state index contributed by atoms with van der Waals surface area (Å²) in [5.41, 5.74) is 5.24. The van der Waals surface area contributed by atoms with Crippen molar-refractivity contribution in [1.82, 2.24) is 0 Å². The van der Waals surface area contributed by atoms with Gasteiger partial charge in [-0.15, -0.1) is 0 Å². The van der Waals surface area contributed by atoms with Gasteiger partial charge in [-0.2, -0.15) is 0 Å². The maximum atomic E-state index is 12.5. The van der Waals surface area contributed by atoms with Crippen LogP contribution < -0.4 is 4.74 Å². The minimum absolute atomic E-state index is 0.143. The molecular weight excluding hydrogens is 260 g/mol. The molecule has 0 aliphatic heterocycles. The van der Waals surface area contributed by atoms with E-state index >= 15 is 0 Å². The molecule has 110 valence electrons. The molecule has 0 spiro atoms. The minimum Gasteiger partial charge on any atom is -0.496 e. The fraction of sp³-hybridized carbons (Fsp3) is 0.316. The summed E-state index contributed by atoms with van der Waals surface area (Å²) in [5, 5.41) is 0. The summed E-state index contributed by atoms with van der Waals surface area (Å²) in [4.78, 5) is 12.5. The maximum absolute atomic E-state index is 12.5. The van der Waals surface area contributed by atoms with E-state index in [9.17, 15) is 4.79 Å². The number of carbonyl (C=O) groups is 1. The summed E-state index contributed by atoms with van der Waals surface area (Å²) in [6, 6.07) is 12.3. The summed E-state index contributed by atoms with van der Waals surface area (Å²) in [5.74, 6) is 0.825. The highest BCUT2D eigenvalue weighted by Gasteiger charge is 2.15. The molecule has 0 aromatic heterocycles. The monoisotopic (exact) mass is 282 g/mol. The highest BCUT2D eigenvalue weighted by molar-refractivity contribution is 6.00. The van der Waals surface area contributed by atoms with Crippen molar-refractivity contribution in [3.63, 3.8) is 0 Å². The van der Waals surface area contributed by atoms with Crippen LogP contribution in [0.1, 0.15) is 39.0 Å². The van der Waals surface area contributed by atoms with E-state index in [4.69, 9.17) is 4.74 Å². The standard InChI is InChI=1S/C19H22O2/c1-13-5-7-16(8-6-13)9-10-17(20)19-15(3)11-14(2)12-18(19)21-4/h5-8,11-12H,9-10H2,1-4H3. The zero-order chi connectivity index (χ0) is 15.4. The second-order valence-corrected chi connectivity index (χ2v) is 5.57. The van der Waals surface area contributed by atoms with Gasteiger partial charge in [0.15, 0.2) is 5.78 Å². The van der Waals surface area contributed by atoms with Crippen LogP contribution in [0.4, 0.5) is 0 Å². The number of carbonyl (C=O) groups excluding carboxylic acids is 1. The first-order valence-corrected chi connectivity index (χ1v) is 7.25. The number of hydrogen-bond acceptors (Lipinski definition) is 2. The van der Waals surface area contributed by atoms with Gasteiger partial charge in [0.2, 0.25) is 0 Å². The lowest BCUT2D eigenvalue weighted by Gasteiger charge is -2.12. The number of ether oxygens (including phenoxy) is 1. The average molecular weight is 282 g/mol. The molecule has 2 rings (SSSR count). The van der Waals surface area contributed by atoms with Crippen molar-refractivity contribution in [1.29, 1.82) is 0 Å². The molecule has 0 bridgehead atoms. The van der Waals surface area contributed by atoms with Crippen molar-refractivity contribution >= 4 is 5.78 Å². The Kier molecular flexibility index (Phi) is 4.79. The van der Waals surface area contributed by atoms with Gasteiger partial charge in [0, 0.05) is 6.42 Å². The van der Waals surface area contributed by atoms with Crippen LogP contribution in [-0.2, 0) is 6.42 Å². The fourth-order valence-electron chi connectivity index (χ4n) is 2.58. The van der Waals surface area contributed by atoms with Gasteiger partial charge in [-0.3, -0.25) is 4.79 Å². The number of aryl methyl sites for hydroxylation is 4. The number of rotatable bonds is 5. The molecule has 0 aliphatic carbocycles. The van der Waals surface area contributed by atoms with Crippen LogP contribution in [0, 0.1) is 20.8 Å². The van der Waals surface area contributed by atoms with E-state index in [0.717, 1.165) is 23.1 Å². The van der Waals surface area contributed by atoms with Gasteiger partial charge in [-0.1, -0.05) is 35.9 Å². The molecule has 0 N–H and O–H groups in total. The smallest absolute Gasteiger partial charge is 0.167 e. The number of hydrogen-bond donors (Lipinski definition) is 0. The predicted molar refractivity (Wildman–Crippen MR) is 86.3 cm³/mol. The lowest BCUT2D eigenvalue weighted by Crippen LogP contribution is -2.06. The van der Waals surface area contributed by atoms with Gasteiger partial charge >= 0.3 is 0 Å². The summed E-state index contributed by atoms with van der Waals surface area (Å²) >= 11 is 0. The highest BCUT2D eigenvalue weighted by Crippen LogP contribution is 2.26. The van der Waals surface area contributed by atoms with Crippen molar-refractivity contribution in [2.24, 2.45) is 0 Å². The third kappa shape index (κ3) is 3.72. The van der Waals surface area contributed by atoms with E-state index in [-0.39, 0.29) is 5.78 Å². The molecule has 0 fully saturated rings. The van der Waals surface area contributed by atoms with Crippen molar-refractivity contribution in [2.45, 2.75) is 33.6 Å². The van der Waals surface area contributed by atoms with E-state index in [1.54, 1.807) is 7.11 Å². The molecule has 2 heteroatoms. The average Bonchev–Trinajstić information content (AvgIpc) is 2.45. The van der Waals surface area contributed by atoms with Crippen molar-refractivity contribution in [2.75, 3.05) is 7.11 Å². The molecule has 0 radical (unpaired) electrons. The fourth-order valence-corrected chi connectivity index (χ4v) is 2.58. The maximum Gasteiger partial charge on any atom is 0.167 e. The van der Waals surface area contributed by atoms with Crippen LogP contribution in [-0.4, -0.2) is 12.9 Å². The van der Waals surface area contributed by atoms with Gasteiger partial charge < -0.3 is 4.74 Å². The zero-order valence-corrected chi connectivity index (χ0v) is 13.2. The molecule has 0 atom stereocenters. The van der Waals surface area contributed by atoms with Gasteiger partial charge in [0.25, 0.3) is 0 Å². The molecule has 0 aliphatic rings. The van der Waals surface area contributed by atoms with Crippen LogP contribution >= 0.6 is 0 Å². The molecule has 21 heavy (non-hydrogen) atoms. The summed E-state index contributed by atoms with van der Waals surface area (Å²) in [7, 11) is 1.62. The van der Waals surface area contributed by atoms with Crippen LogP contribution in [0.2, 0.25) is 0 Å². The molecule has 0 saturated carbocycles. The first kappa shape index (κ1) is 15.3. The quantitative estimate of drug-likeness (QED) is 0.758. The van der Waals surface area contributed by atoms with E-state index in [1.165, 1.54) is 11.1 Å². The molecule has 2 nitrogen and oxygen atoms in total. The normalized spacial score (nSPS) is 10.5. The Hall–Kier alpha value is -2.09. The van der Waals surface area contributed by atoms with Crippen molar-refractivity contribution < 1.29 is 9.53 Å². The van der Waals surface area contributed by atoms with E-state index in [0.29, 0.717) is 12.2 Å². The third-order valence-corrected chi connectivity index (χ3v) is 3.70. The third-order valence-electron chi connectivity index (χ3n) is 3.70. The topological polar surface area (TPSA) is 26.3 Å². The molecule has 0 unspecified atom stereocenters. The largest absolute Gasteiger partial charge is 0.496 e. The molecule has 2 aromatic carbocycles. The van der Waals surface area contributed by atoms with Gasteiger partial charge in [0.1, 0.15) is 5.75 Å². The number of Topliss-reactive ketones (excluding diaryl/α,β-unsaturated/α-hetero) is 1. The molecule has 0 amide bonds. The number of ketones is 1. The minimum atomic E-state index is 0.143. The second-order valence-electron chi connectivity index (χ2n) is 5.57. The zero-order valence-electron chi connectivity index (χ0n) is 13.2. The Labute approximate surface area is 126 Å². The Morgan fingerprint density at radius 2 is 1.67 bits per heavy atom. The van der Waals surface area contributed by atoms with Crippen LogP contribution in [0.15, 0.2) is 36.4 Å². The summed E-state index contributed by atoms with van der Waals surface area (Å²) in [6.45, 7) is 6.04. The number of benzene rings is 2. The Balaban J connectivity index is 2.15.